The third-order valence-corrected chi connectivity index (χ3v) is 3.83. The maximum Gasteiger partial charge on any atom is 0.116 e. The van der Waals surface area contributed by atoms with Crippen LogP contribution in [0.25, 0.3) is 0 Å². The van der Waals surface area contributed by atoms with E-state index >= 15 is 0 Å². The van der Waals surface area contributed by atoms with E-state index in [2.05, 4.69) is 54.7 Å². The third-order valence-electron chi connectivity index (χ3n) is 3.31. The highest BCUT2D eigenvalue weighted by atomic mass is 79.9. The highest BCUT2D eigenvalue weighted by Crippen LogP contribution is 2.13. The number of halogens is 1. The molecular weight excluding hydrogens is 316 g/mol. The molecule has 0 amide bonds. The summed E-state index contributed by atoms with van der Waals surface area (Å²) in [4.78, 5) is 8.80. The quantitative estimate of drug-likeness (QED) is 0.737. The van der Waals surface area contributed by atoms with E-state index in [-0.39, 0.29) is 0 Å². The number of imidazole rings is 2. The molecule has 3 rings (SSSR count). The number of hydrogen-bond donors (Lipinski definition) is 0. The molecule has 1 aromatic carbocycles. The number of hydrogen-bond acceptors (Lipinski definition) is 2. The van der Waals surface area contributed by atoms with Crippen molar-refractivity contribution >= 4 is 15.9 Å². The van der Waals surface area contributed by atoms with Crippen molar-refractivity contribution in [3.8, 4) is 0 Å². The van der Waals surface area contributed by atoms with Crippen LogP contribution in [0.1, 0.15) is 17.2 Å². The first-order chi connectivity index (χ1) is 9.72. The number of rotatable bonds is 4. The molecule has 0 saturated carbocycles. The van der Waals surface area contributed by atoms with Crippen LogP contribution in [0.5, 0.6) is 0 Å². The summed E-state index contributed by atoms with van der Waals surface area (Å²) < 4.78 is 5.29. The third kappa shape index (κ3) is 2.82. The van der Waals surface area contributed by atoms with Crippen LogP contribution in [0, 0.1) is 0 Å². The molecule has 0 saturated heterocycles. The topological polar surface area (TPSA) is 35.6 Å². The fourth-order valence-corrected chi connectivity index (χ4v) is 2.41. The lowest BCUT2D eigenvalue weighted by molar-refractivity contribution is 0.711. The summed E-state index contributed by atoms with van der Waals surface area (Å²) in [7, 11) is 2.00. The number of aromatic nitrogens is 4. The fraction of sp³-hybridized carbons (Fsp3) is 0.200. The minimum absolute atomic E-state index is 0.743. The lowest BCUT2D eigenvalue weighted by atomic mass is 10.2. The predicted molar refractivity (Wildman–Crippen MR) is 81.5 cm³/mol. The van der Waals surface area contributed by atoms with E-state index in [0.717, 1.165) is 29.1 Å². The van der Waals surface area contributed by atoms with Gasteiger partial charge in [0.2, 0.25) is 0 Å². The monoisotopic (exact) mass is 330 g/mol. The van der Waals surface area contributed by atoms with Crippen LogP contribution >= 0.6 is 15.9 Å². The Bertz CT molecular complexity index is 697. The van der Waals surface area contributed by atoms with Gasteiger partial charge in [0.25, 0.3) is 0 Å². The summed E-state index contributed by atoms with van der Waals surface area (Å²) in [6, 6.07) is 8.36. The van der Waals surface area contributed by atoms with Crippen molar-refractivity contribution in [2.75, 3.05) is 0 Å². The molecule has 0 aliphatic rings. The van der Waals surface area contributed by atoms with Crippen molar-refractivity contribution in [2.24, 2.45) is 7.05 Å². The Morgan fingerprint density at radius 1 is 1.00 bits per heavy atom. The molecule has 0 N–H and O–H groups in total. The van der Waals surface area contributed by atoms with E-state index in [9.17, 15) is 0 Å². The lowest BCUT2D eigenvalue weighted by Gasteiger charge is -2.08. The molecule has 0 unspecified atom stereocenters. The van der Waals surface area contributed by atoms with Crippen molar-refractivity contribution in [3.05, 3.63) is 70.7 Å². The minimum Gasteiger partial charge on any atom is -0.338 e. The van der Waals surface area contributed by atoms with E-state index in [0.29, 0.717) is 0 Å². The van der Waals surface area contributed by atoms with E-state index in [1.165, 1.54) is 5.56 Å². The highest BCUT2D eigenvalue weighted by Gasteiger charge is 2.08. The van der Waals surface area contributed by atoms with Gasteiger partial charge in [-0.2, -0.15) is 0 Å². The smallest absolute Gasteiger partial charge is 0.116 e. The van der Waals surface area contributed by atoms with Crippen molar-refractivity contribution in [1.29, 1.82) is 0 Å². The zero-order valence-corrected chi connectivity index (χ0v) is 12.8. The Morgan fingerprint density at radius 3 is 2.40 bits per heavy atom. The van der Waals surface area contributed by atoms with Crippen molar-refractivity contribution in [2.45, 2.75) is 13.0 Å². The van der Waals surface area contributed by atoms with Gasteiger partial charge in [0.1, 0.15) is 11.6 Å². The van der Waals surface area contributed by atoms with Gasteiger partial charge in [-0.25, -0.2) is 9.97 Å². The molecule has 0 atom stereocenters. The Balaban J connectivity index is 1.80. The van der Waals surface area contributed by atoms with Gasteiger partial charge in [-0.05, 0) is 17.7 Å². The van der Waals surface area contributed by atoms with Gasteiger partial charge < -0.3 is 9.13 Å². The molecule has 2 aromatic heterocycles. The maximum absolute atomic E-state index is 4.45. The van der Waals surface area contributed by atoms with E-state index < -0.39 is 0 Å². The Morgan fingerprint density at radius 2 is 1.70 bits per heavy atom. The second kappa shape index (κ2) is 5.63. The predicted octanol–water partition coefficient (Wildman–Crippen LogP) is 3.02. The van der Waals surface area contributed by atoms with Crippen molar-refractivity contribution < 1.29 is 0 Å². The fourth-order valence-electron chi connectivity index (χ4n) is 2.15. The average Bonchev–Trinajstić information content (AvgIpc) is 3.04. The largest absolute Gasteiger partial charge is 0.338 e. The molecule has 2 heterocycles. The van der Waals surface area contributed by atoms with E-state index in [1.807, 2.05) is 36.4 Å². The van der Waals surface area contributed by atoms with Gasteiger partial charge in [-0.3, -0.25) is 0 Å². The summed E-state index contributed by atoms with van der Waals surface area (Å²) in [5.41, 5.74) is 1.26. The first-order valence-corrected chi connectivity index (χ1v) is 7.22. The molecule has 4 nitrogen and oxygen atoms in total. The standard InChI is InChI=1S/C15H15BrN4/c1-19-8-6-17-14(19)10-15-18-7-9-20(15)11-12-2-4-13(16)5-3-12/h2-9H,10-11H2,1H3. The first-order valence-electron chi connectivity index (χ1n) is 6.43. The molecular formula is C15H15BrN4. The first kappa shape index (κ1) is 13.1. The van der Waals surface area contributed by atoms with Gasteiger partial charge in [0, 0.05) is 42.9 Å². The Hall–Kier alpha value is -1.88. The summed E-state index contributed by atoms with van der Waals surface area (Å²) in [6.07, 6.45) is 8.37. The SMILES string of the molecule is Cn1ccnc1Cc1nccn1Cc1ccc(Br)cc1. The van der Waals surface area contributed by atoms with Gasteiger partial charge in [0.05, 0.1) is 6.42 Å². The molecule has 102 valence electrons. The minimum atomic E-state index is 0.743. The molecule has 3 aromatic rings. The normalized spacial score (nSPS) is 10.9. The molecule has 5 heteroatoms. The molecule has 20 heavy (non-hydrogen) atoms. The van der Waals surface area contributed by atoms with Gasteiger partial charge in [0.15, 0.2) is 0 Å². The van der Waals surface area contributed by atoms with E-state index in [1.54, 1.807) is 0 Å². The Labute approximate surface area is 126 Å². The Kier molecular flexibility index (Phi) is 3.69. The second-order valence-corrected chi connectivity index (χ2v) is 5.64. The number of benzene rings is 1. The van der Waals surface area contributed by atoms with Crippen LogP contribution in [0.3, 0.4) is 0 Å². The summed E-state index contributed by atoms with van der Waals surface area (Å²) in [6.45, 7) is 0.826. The maximum atomic E-state index is 4.45. The zero-order valence-electron chi connectivity index (χ0n) is 11.2. The zero-order chi connectivity index (χ0) is 13.9. The van der Waals surface area contributed by atoms with Crippen LogP contribution in [0.15, 0.2) is 53.5 Å². The van der Waals surface area contributed by atoms with Crippen molar-refractivity contribution in [1.82, 2.24) is 19.1 Å². The highest BCUT2D eigenvalue weighted by molar-refractivity contribution is 9.10. The molecule has 0 fully saturated rings. The summed E-state index contributed by atoms with van der Waals surface area (Å²) >= 11 is 3.46. The van der Waals surface area contributed by atoms with Crippen LogP contribution in [-0.4, -0.2) is 19.1 Å². The molecule has 0 radical (unpaired) electrons. The van der Waals surface area contributed by atoms with Gasteiger partial charge in [-0.1, -0.05) is 28.1 Å². The van der Waals surface area contributed by atoms with Crippen LogP contribution in [-0.2, 0) is 20.0 Å². The van der Waals surface area contributed by atoms with Gasteiger partial charge in [-0.15, -0.1) is 0 Å². The molecule has 0 aliphatic carbocycles. The van der Waals surface area contributed by atoms with Crippen LogP contribution < -0.4 is 0 Å². The summed E-state index contributed by atoms with van der Waals surface area (Å²) in [5.74, 6) is 2.05. The number of nitrogens with zero attached hydrogens (tertiary/aromatic N) is 4. The second-order valence-electron chi connectivity index (χ2n) is 4.73. The summed E-state index contributed by atoms with van der Waals surface area (Å²) in [5, 5.41) is 0. The molecule has 0 spiro atoms. The van der Waals surface area contributed by atoms with Crippen molar-refractivity contribution in [3.63, 3.8) is 0 Å². The van der Waals surface area contributed by atoms with E-state index in [4.69, 9.17) is 0 Å². The average molecular weight is 331 g/mol. The molecule has 0 bridgehead atoms. The molecule has 0 aliphatic heterocycles. The van der Waals surface area contributed by atoms with Crippen LogP contribution in [0.4, 0.5) is 0 Å². The van der Waals surface area contributed by atoms with Gasteiger partial charge >= 0.3 is 0 Å². The number of aryl methyl sites for hydroxylation is 1. The van der Waals surface area contributed by atoms with Crippen LogP contribution in [0.2, 0.25) is 0 Å². The lowest BCUT2D eigenvalue weighted by Crippen LogP contribution is -2.07.